The highest BCUT2D eigenvalue weighted by Crippen LogP contribution is 2.14. The molecule has 0 unspecified atom stereocenters. The van der Waals surface area contributed by atoms with Gasteiger partial charge in [0.25, 0.3) is 0 Å². The molecule has 0 atom stereocenters. The summed E-state index contributed by atoms with van der Waals surface area (Å²) in [5.41, 5.74) is 2.43. The predicted molar refractivity (Wildman–Crippen MR) is 55.6 cm³/mol. The van der Waals surface area contributed by atoms with Crippen LogP contribution in [0.1, 0.15) is 11.1 Å². The Balaban J connectivity index is 1.97. The van der Waals surface area contributed by atoms with Gasteiger partial charge in [0, 0.05) is 6.42 Å². The van der Waals surface area contributed by atoms with E-state index in [1.807, 2.05) is 12.1 Å². The van der Waals surface area contributed by atoms with Crippen LogP contribution in [0.25, 0.3) is 0 Å². The third-order valence-electron chi connectivity index (χ3n) is 2.51. The summed E-state index contributed by atoms with van der Waals surface area (Å²) >= 11 is 0. The van der Waals surface area contributed by atoms with Gasteiger partial charge in [-0.25, -0.2) is 0 Å². The maximum atomic E-state index is 10.9. The molecule has 2 rings (SSSR count). The number of carbonyl (C=O) groups is 1. The van der Waals surface area contributed by atoms with E-state index in [9.17, 15) is 4.79 Å². The second-order valence-corrected chi connectivity index (χ2v) is 3.72. The second-order valence-electron chi connectivity index (χ2n) is 3.72. The van der Waals surface area contributed by atoms with Crippen LogP contribution in [-0.4, -0.2) is 25.3 Å². The first kappa shape index (κ1) is 10.3. The average molecular weight is 206 g/mol. The van der Waals surface area contributed by atoms with E-state index >= 15 is 0 Å². The largest absolute Gasteiger partial charge is 0.344 e. The van der Waals surface area contributed by atoms with Crippen molar-refractivity contribution in [3.8, 4) is 0 Å². The van der Waals surface area contributed by atoms with Gasteiger partial charge in [0.05, 0.1) is 0 Å². The van der Waals surface area contributed by atoms with Gasteiger partial charge in [-0.05, 0) is 18.1 Å². The van der Waals surface area contributed by atoms with Gasteiger partial charge >= 0.3 is 0 Å². The number of Topliss-reactive ketones (excluding diaryl/α,β-unsaturated/α-hetero) is 1. The number of hydrogen-bond donors (Lipinski definition) is 0. The fraction of sp³-hybridized carbons (Fsp3) is 0.417. The van der Waals surface area contributed by atoms with Crippen LogP contribution in [0.4, 0.5) is 0 Å². The molecule has 1 fully saturated rings. The first-order valence-electron chi connectivity index (χ1n) is 5.05. The van der Waals surface area contributed by atoms with Crippen molar-refractivity contribution >= 4 is 5.78 Å². The minimum Gasteiger partial charge on any atom is -0.344 e. The molecule has 1 aromatic rings. The predicted octanol–water partition coefficient (Wildman–Crippen LogP) is 1.48. The zero-order valence-corrected chi connectivity index (χ0v) is 8.73. The molecule has 0 bridgehead atoms. The van der Waals surface area contributed by atoms with Crippen LogP contribution in [0.5, 0.6) is 0 Å². The molecule has 1 aliphatic rings. The Labute approximate surface area is 89.0 Å². The molecule has 0 aromatic heterocycles. The van der Waals surface area contributed by atoms with Crippen molar-refractivity contribution in [1.29, 1.82) is 0 Å². The van der Waals surface area contributed by atoms with Crippen LogP contribution in [0.15, 0.2) is 24.3 Å². The van der Waals surface area contributed by atoms with E-state index in [0.29, 0.717) is 6.42 Å². The maximum Gasteiger partial charge on any atom is 0.184 e. The molecule has 0 aliphatic carbocycles. The van der Waals surface area contributed by atoms with Gasteiger partial charge in [0.2, 0.25) is 0 Å². The smallest absolute Gasteiger partial charge is 0.184 e. The monoisotopic (exact) mass is 206 g/mol. The highest BCUT2D eigenvalue weighted by atomic mass is 16.7. The van der Waals surface area contributed by atoms with Crippen molar-refractivity contribution in [2.75, 3.05) is 13.2 Å². The van der Waals surface area contributed by atoms with Crippen LogP contribution in [0.3, 0.4) is 0 Å². The molecule has 1 aromatic carbocycles. The maximum absolute atomic E-state index is 10.9. The van der Waals surface area contributed by atoms with E-state index in [4.69, 9.17) is 9.47 Å². The summed E-state index contributed by atoms with van der Waals surface area (Å²) in [7, 11) is 0. The molecule has 3 nitrogen and oxygen atoms in total. The highest BCUT2D eigenvalue weighted by Gasteiger charge is 2.20. The summed E-state index contributed by atoms with van der Waals surface area (Å²) in [6.07, 6.45) is 0.434. The quantitative estimate of drug-likeness (QED) is 0.735. The Morgan fingerprint density at radius 1 is 1.27 bits per heavy atom. The fourth-order valence-electron chi connectivity index (χ4n) is 1.60. The van der Waals surface area contributed by atoms with Crippen molar-refractivity contribution < 1.29 is 14.3 Å². The Kier molecular flexibility index (Phi) is 3.14. The number of rotatable bonds is 2. The second kappa shape index (κ2) is 4.55. The highest BCUT2D eigenvalue weighted by molar-refractivity contribution is 5.81. The number of aryl methyl sites for hydroxylation is 1. The Bertz CT molecular complexity index is 350. The van der Waals surface area contributed by atoms with Crippen molar-refractivity contribution in [3.05, 3.63) is 35.4 Å². The van der Waals surface area contributed by atoms with E-state index in [0.717, 1.165) is 0 Å². The van der Waals surface area contributed by atoms with Gasteiger partial charge in [0.15, 0.2) is 12.1 Å². The number of ketones is 1. The topological polar surface area (TPSA) is 35.5 Å². The zero-order chi connectivity index (χ0) is 10.7. The van der Waals surface area contributed by atoms with Crippen molar-refractivity contribution in [2.24, 2.45) is 0 Å². The molecule has 0 N–H and O–H groups in total. The van der Waals surface area contributed by atoms with E-state index in [2.05, 4.69) is 19.1 Å². The average Bonchev–Trinajstić information content (AvgIpc) is 2.25. The van der Waals surface area contributed by atoms with Crippen LogP contribution in [-0.2, 0) is 20.7 Å². The van der Waals surface area contributed by atoms with Crippen molar-refractivity contribution in [3.63, 3.8) is 0 Å². The standard InChI is InChI=1S/C12H14O3/c1-9-4-2-3-5-10(9)6-12-14-7-11(13)8-15-12/h2-5,12H,6-8H2,1H3. The molecule has 15 heavy (non-hydrogen) atoms. The normalized spacial score (nSPS) is 18.1. The van der Waals surface area contributed by atoms with Crippen LogP contribution in [0.2, 0.25) is 0 Å². The molecule has 0 saturated carbocycles. The first-order chi connectivity index (χ1) is 7.25. The minimum absolute atomic E-state index is 0.0102. The summed E-state index contributed by atoms with van der Waals surface area (Å²) in [4.78, 5) is 10.9. The summed E-state index contributed by atoms with van der Waals surface area (Å²) in [5, 5.41) is 0. The van der Waals surface area contributed by atoms with Gasteiger partial charge in [-0.3, -0.25) is 4.79 Å². The van der Waals surface area contributed by atoms with Crippen LogP contribution >= 0.6 is 0 Å². The van der Waals surface area contributed by atoms with Gasteiger partial charge in [-0.2, -0.15) is 0 Å². The van der Waals surface area contributed by atoms with E-state index < -0.39 is 0 Å². The Hall–Kier alpha value is -1.19. The summed E-state index contributed by atoms with van der Waals surface area (Å²) < 4.78 is 10.6. The lowest BCUT2D eigenvalue weighted by atomic mass is 10.1. The molecule has 80 valence electrons. The molecule has 1 aliphatic heterocycles. The van der Waals surface area contributed by atoms with Gasteiger partial charge in [-0.15, -0.1) is 0 Å². The van der Waals surface area contributed by atoms with Gasteiger partial charge in [-0.1, -0.05) is 24.3 Å². The van der Waals surface area contributed by atoms with Crippen molar-refractivity contribution in [1.82, 2.24) is 0 Å². The fourth-order valence-corrected chi connectivity index (χ4v) is 1.60. The lowest BCUT2D eigenvalue weighted by molar-refractivity contribution is -0.185. The third-order valence-corrected chi connectivity index (χ3v) is 2.51. The molecular formula is C12H14O3. The number of ether oxygens (including phenoxy) is 2. The Morgan fingerprint density at radius 3 is 2.60 bits per heavy atom. The van der Waals surface area contributed by atoms with Crippen LogP contribution < -0.4 is 0 Å². The van der Waals surface area contributed by atoms with Crippen LogP contribution in [0, 0.1) is 6.92 Å². The molecule has 1 saturated heterocycles. The number of hydrogen-bond acceptors (Lipinski definition) is 3. The van der Waals surface area contributed by atoms with E-state index in [1.54, 1.807) is 0 Å². The molecule has 0 radical (unpaired) electrons. The molecule has 1 heterocycles. The van der Waals surface area contributed by atoms with E-state index in [-0.39, 0.29) is 25.3 Å². The van der Waals surface area contributed by atoms with Gasteiger partial charge in [0.1, 0.15) is 13.2 Å². The lowest BCUT2D eigenvalue weighted by Gasteiger charge is -2.22. The van der Waals surface area contributed by atoms with Crippen molar-refractivity contribution in [2.45, 2.75) is 19.6 Å². The number of carbonyl (C=O) groups excluding carboxylic acids is 1. The summed E-state index contributed by atoms with van der Waals surface area (Å²) in [6.45, 7) is 2.41. The number of benzene rings is 1. The molecular weight excluding hydrogens is 192 g/mol. The summed E-state index contributed by atoms with van der Waals surface area (Å²) in [6, 6.07) is 8.11. The summed E-state index contributed by atoms with van der Waals surface area (Å²) in [5.74, 6) is 0.0102. The minimum atomic E-state index is -0.274. The Morgan fingerprint density at radius 2 is 1.93 bits per heavy atom. The molecule has 3 heteroatoms. The first-order valence-corrected chi connectivity index (χ1v) is 5.05. The van der Waals surface area contributed by atoms with E-state index in [1.165, 1.54) is 11.1 Å². The molecule has 0 amide bonds. The lowest BCUT2D eigenvalue weighted by Crippen LogP contribution is -2.33. The molecule has 0 spiro atoms. The zero-order valence-electron chi connectivity index (χ0n) is 8.73. The third kappa shape index (κ3) is 2.64. The van der Waals surface area contributed by atoms with Gasteiger partial charge < -0.3 is 9.47 Å². The SMILES string of the molecule is Cc1ccccc1CC1OCC(=O)CO1.